The minimum atomic E-state index is -3.21. The molecule has 0 unspecified atom stereocenters. The Labute approximate surface area is 168 Å². The highest BCUT2D eigenvalue weighted by atomic mass is 35.5. The predicted octanol–water partition coefficient (Wildman–Crippen LogP) is 2.85. The van der Waals surface area contributed by atoms with E-state index in [1.165, 1.54) is 10.6 Å². The van der Waals surface area contributed by atoms with Crippen LogP contribution in [0.1, 0.15) is 18.4 Å². The van der Waals surface area contributed by atoms with Gasteiger partial charge in [0.25, 0.3) is 0 Å². The Morgan fingerprint density at radius 2 is 1.85 bits per heavy atom. The molecule has 1 saturated heterocycles. The fourth-order valence-electron chi connectivity index (χ4n) is 3.01. The molecule has 0 radical (unpaired) electrons. The van der Waals surface area contributed by atoms with Crippen LogP contribution in [-0.2, 0) is 21.4 Å². The van der Waals surface area contributed by atoms with Crippen molar-refractivity contribution in [1.29, 1.82) is 0 Å². The first-order valence-electron chi connectivity index (χ1n) is 8.46. The molecule has 3 rings (SSSR count). The standard InChI is InChI=1S/C17H20Cl2N4O3S/c1-27(25,26)23-8-6-13(7-9-23)17(24)20-16-15(19)11-22(21-16)10-12-2-4-14(18)5-3-12/h2-5,11,13H,6-10H2,1H3,(H,20,21,24). The van der Waals surface area contributed by atoms with Gasteiger partial charge in [-0.25, -0.2) is 12.7 Å². The third-order valence-electron chi connectivity index (χ3n) is 4.51. The number of carbonyl (C=O) groups excluding carboxylic acids is 1. The molecule has 10 heteroatoms. The van der Waals surface area contributed by atoms with Gasteiger partial charge in [0.2, 0.25) is 15.9 Å². The van der Waals surface area contributed by atoms with Crippen LogP contribution in [0.3, 0.4) is 0 Å². The van der Waals surface area contributed by atoms with Gasteiger partial charge < -0.3 is 5.32 Å². The fraction of sp³-hybridized carbons (Fsp3) is 0.412. The SMILES string of the molecule is CS(=O)(=O)N1CCC(C(=O)Nc2nn(Cc3ccc(Cl)cc3)cc2Cl)CC1. The summed E-state index contributed by atoms with van der Waals surface area (Å²) in [6.45, 7) is 1.19. The number of nitrogens with zero attached hydrogens (tertiary/aromatic N) is 3. The number of nitrogens with one attached hydrogen (secondary N) is 1. The summed E-state index contributed by atoms with van der Waals surface area (Å²) < 4.78 is 26.2. The minimum absolute atomic E-state index is 0.193. The molecule has 1 aliphatic rings. The average Bonchev–Trinajstić information content (AvgIpc) is 2.95. The lowest BCUT2D eigenvalue weighted by Gasteiger charge is -2.29. The van der Waals surface area contributed by atoms with Crippen LogP contribution in [0.15, 0.2) is 30.5 Å². The number of anilines is 1. The zero-order valence-electron chi connectivity index (χ0n) is 14.7. The summed E-state index contributed by atoms with van der Waals surface area (Å²) >= 11 is 12.1. The number of benzene rings is 1. The van der Waals surface area contributed by atoms with Gasteiger partial charge in [-0.3, -0.25) is 9.48 Å². The number of rotatable bonds is 5. The van der Waals surface area contributed by atoms with Crippen molar-refractivity contribution < 1.29 is 13.2 Å². The molecule has 2 heterocycles. The van der Waals surface area contributed by atoms with E-state index < -0.39 is 10.0 Å². The molecule has 1 N–H and O–H groups in total. The fourth-order valence-corrected chi connectivity index (χ4v) is 4.21. The van der Waals surface area contributed by atoms with E-state index in [1.54, 1.807) is 23.0 Å². The molecule has 146 valence electrons. The molecule has 1 aromatic heterocycles. The Morgan fingerprint density at radius 1 is 1.22 bits per heavy atom. The van der Waals surface area contributed by atoms with E-state index in [1.807, 2.05) is 12.1 Å². The van der Waals surface area contributed by atoms with Crippen molar-refractivity contribution in [2.75, 3.05) is 24.7 Å². The van der Waals surface area contributed by atoms with E-state index in [4.69, 9.17) is 23.2 Å². The first-order chi connectivity index (χ1) is 12.7. The molecule has 0 bridgehead atoms. The Kier molecular flexibility index (Phi) is 6.10. The molecule has 0 aliphatic carbocycles. The predicted molar refractivity (Wildman–Crippen MR) is 106 cm³/mol. The van der Waals surface area contributed by atoms with Crippen molar-refractivity contribution in [3.05, 3.63) is 46.1 Å². The summed E-state index contributed by atoms with van der Waals surface area (Å²) in [6.07, 6.45) is 3.78. The highest BCUT2D eigenvalue weighted by Gasteiger charge is 2.29. The van der Waals surface area contributed by atoms with Gasteiger partial charge >= 0.3 is 0 Å². The third-order valence-corrected chi connectivity index (χ3v) is 6.34. The first kappa shape index (κ1) is 20.1. The van der Waals surface area contributed by atoms with Crippen LogP contribution in [0.2, 0.25) is 10.0 Å². The number of amides is 1. The number of hydrogen-bond donors (Lipinski definition) is 1. The lowest BCUT2D eigenvalue weighted by molar-refractivity contribution is -0.120. The molecule has 2 aromatic rings. The second-order valence-corrected chi connectivity index (χ2v) is 9.40. The Bertz CT molecular complexity index is 920. The molecule has 0 saturated carbocycles. The van der Waals surface area contributed by atoms with Gasteiger partial charge in [-0.2, -0.15) is 5.10 Å². The summed E-state index contributed by atoms with van der Waals surface area (Å²) in [7, 11) is -3.21. The van der Waals surface area contributed by atoms with Crippen LogP contribution in [0, 0.1) is 5.92 Å². The lowest BCUT2D eigenvalue weighted by atomic mass is 9.97. The number of carbonyl (C=O) groups is 1. The Balaban J connectivity index is 1.60. The number of sulfonamides is 1. The maximum absolute atomic E-state index is 12.5. The van der Waals surface area contributed by atoms with E-state index in [0.29, 0.717) is 48.3 Å². The van der Waals surface area contributed by atoms with Crippen molar-refractivity contribution in [3.63, 3.8) is 0 Å². The second kappa shape index (κ2) is 8.18. The molecule has 7 nitrogen and oxygen atoms in total. The molecule has 1 aromatic carbocycles. The quantitative estimate of drug-likeness (QED) is 0.789. The van der Waals surface area contributed by atoms with Gasteiger partial charge in [0.05, 0.1) is 12.8 Å². The zero-order valence-corrected chi connectivity index (χ0v) is 17.1. The molecule has 1 amide bonds. The lowest BCUT2D eigenvalue weighted by Crippen LogP contribution is -2.40. The van der Waals surface area contributed by atoms with Crippen LogP contribution in [0.5, 0.6) is 0 Å². The topological polar surface area (TPSA) is 84.3 Å². The summed E-state index contributed by atoms with van der Waals surface area (Å²) in [4.78, 5) is 12.5. The summed E-state index contributed by atoms with van der Waals surface area (Å²) in [6, 6.07) is 7.39. The van der Waals surface area contributed by atoms with Crippen molar-refractivity contribution in [2.45, 2.75) is 19.4 Å². The van der Waals surface area contributed by atoms with Crippen LogP contribution >= 0.6 is 23.2 Å². The van der Waals surface area contributed by atoms with E-state index in [2.05, 4.69) is 10.4 Å². The number of hydrogen-bond acceptors (Lipinski definition) is 4. The van der Waals surface area contributed by atoms with Gasteiger partial charge in [0.15, 0.2) is 5.82 Å². The smallest absolute Gasteiger partial charge is 0.228 e. The minimum Gasteiger partial charge on any atom is -0.308 e. The van der Waals surface area contributed by atoms with Gasteiger partial charge in [0.1, 0.15) is 5.02 Å². The second-order valence-electron chi connectivity index (χ2n) is 6.58. The van der Waals surface area contributed by atoms with E-state index >= 15 is 0 Å². The van der Waals surface area contributed by atoms with Gasteiger partial charge in [-0.1, -0.05) is 35.3 Å². The number of aromatic nitrogens is 2. The summed E-state index contributed by atoms with van der Waals surface area (Å²) in [5, 5.41) is 8.10. The molecule has 1 aliphatic heterocycles. The van der Waals surface area contributed by atoms with Crippen LogP contribution in [-0.4, -0.2) is 47.8 Å². The highest BCUT2D eigenvalue weighted by Crippen LogP contribution is 2.24. The maximum atomic E-state index is 12.5. The maximum Gasteiger partial charge on any atom is 0.228 e. The monoisotopic (exact) mass is 430 g/mol. The van der Waals surface area contributed by atoms with E-state index in [9.17, 15) is 13.2 Å². The Morgan fingerprint density at radius 3 is 2.44 bits per heavy atom. The molecule has 0 spiro atoms. The molecular formula is C17H20Cl2N4O3S. The van der Waals surface area contributed by atoms with Gasteiger partial charge in [-0.15, -0.1) is 0 Å². The number of piperidine rings is 1. The van der Waals surface area contributed by atoms with Crippen LogP contribution in [0.4, 0.5) is 5.82 Å². The Hall–Kier alpha value is -1.61. The largest absolute Gasteiger partial charge is 0.308 e. The molecule has 0 atom stereocenters. The zero-order chi connectivity index (χ0) is 19.6. The summed E-state index contributed by atoms with van der Waals surface area (Å²) in [5.41, 5.74) is 1.00. The van der Waals surface area contributed by atoms with Crippen molar-refractivity contribution in [2.24, 2.45) is 5.92 Å². The van der Waals surface area contributed by atoms with Gasteiger partial charge in [-0.05, 0) is 30.5 Å². The summed E-state index contributed by atoms with van der Waals surface area (Å²) in [5.74, 6) is -0.150. The van der Waals surface area contributed by atoms with Crippen LogP contribution in [0.25, 0.3) is 0 Å². The van der Waals surface area contributed by atoms with E-state index in [0.717, 1.165) is 5.56 Å². The first-order valence-corrected chi connectivity index (χ1v) is 11.1. The van der Waals surface area contributed by atoms with Gasteiger partial charge in [0, 0.05) is 30.2 Å². The normalized spacial score (nSPS) is 16.4. The molecule has 1 fully saturated rings. The average molecular weight is 431 g/mol. The highest BCUT2D eigenvalue weighted by molar-refractivity contribution is 7.88. The third kappa shape index (κ3) is 5.22. The van der Waals surface area contributed by atoms with E-state index in [-0.39, 0.29) is 11.8 Å². The van der Waals surface area contributed by atoms with Crippen molar-refractivity contribution in [3.8, 4) is 0 Å². The molecular weight excluding hydrogens is 411 g/mol. The molecule has 27 heavy (non-hydrogen) atoms. The van der Waals surface area contributed by atoms with Crippen molar-refractivity contribution in [1.82, 2.24) is 14.1 Å². The van der Waals surface area contributed by atoms with Crippen LogP contribution < -0.4 is 5.32 Å². The van der Waals surface area contributed by atoms with Crippen molar-refractivity contribution >= 4 is 45.0 Å². The number of halogens is 2.